The maximum atomic E-state index is 12.0. The third-order valence-corrected chi connectivity index (χ3v) is 3.52. The molecule has 22 heavy (non-hydrogen) atoms. The Hall–Kier alpha value is -2.36. The number of hydrogen-bond donors (Lipinski definition) is 1. The Morgan fingerprint density at radius 3 is 2.55 bits per heavy atom. The molecule has 0 bridgehead atoms. The van der Waals surface area contributed by atoms with Gasteiger partial charge in [0.05, 0.1) is 6.61 Å². The first-order valence-electron chi connectivity index (χ1n) is 7.50. The second-order valence-corrected chi connectivity index (χ2v) is 5.48. The zero-order valence-electron chi connectivity index (χ0n) is 13.2. The van der Waals surface area contributed by atoms with Crippen LogP contribution in [0.4, 0.5) is 0 Å². The minimum absolute atomic E-state index is 0.0442. The number of pyridine rings is 1. The largest absolute Gasteiger partial charge is 0.462 e. The fourth-order valence-electron chi connectivity index (χ4n) is 2.45. The van der Waals surface area contributed by atoms with E-state index in [2.05, 4.69) is 31.0 Å². The Morgan fingerprint density at radius 1 is 1.18 bits per heavy atom. The first-order valence-corrected chi connectivity index (χ1v) is 7.50. The molecule has 0 spiro atoms. The van der Waals surface area contributed by atoms with Crippen LogP contribution in [0.2, 0.25) is 0 Å². The summed E-state index contributed by atoms with van der Waals surface area (Å²) in [6, 6.07) is 11.5. The van der Waals surface area contributed by atoms with Crippen LogP contribution in [0.15, 0.2) is 41.2 Å². The summed E-state index contributed by atoms with van der Waals surface area (Å²) in [4.78, 5) is 26.4. The average molecular weight is 299 g/mol. The lowest BCUT2D eigenvalue weighted by Crippen LogP contribution is -2.20. The molecule has 1 heterocycles. The standard InChI is InChI=1S/C18H21NO3/c1-4-22-18(21)16-10-9-14(19-17(16)20)11-13-7-5-6-8-15(13)12(2)3/h5-10,12H,4,11H2,1-3H3,(H,19,20). The van der Waals surface area contributed by atoms with Crippen LogP contribution in [-0.2, 0) is 11.2 Å². The highest BCUT2D eigenvalue weighted by Gasteiger charge is 2.13. The summed E-state index contributed by atoms with van der Waals surface area (Å²) in [6.45, 7) is 6.25. The molecule has 1 N–H and O–H groups in total. The van der Waals surface area contributed by atoms with E-state index in [4.69, 9.17) is 4.74 Å². The molecule has 2 rings (SSSR count). The van der Waals surface area contributed by atoms with Crippen molar-refractivity contribution in [2.45, 2.75) is 33.1 Å². The van der Waals surface area contributed by atoms with E-state index in [1.165, 1.54) is 17.2 Å². The van der Waals surface area contributed by atoms with Crippen LogP contribution in [0.3, 0.4) is 0 Å². The number of aromatic nitrogens is 1. The van der Waals surface area contributed by atoms with Crippen molar-refractivity contribution >= 4 is 5.97 Å². The molecule has 1 aromatic carbocycles. The molecule has 4 heteroatoms. The number of nitrogens with one attached hydrogen (secondary N) is 1. The Balaban J connectivity index is 2.27. The minimum Gasteiger partial charge on any atom is -0.462 e. The summed E-state index contributed by atoms with van der Waals surface area (Å²) >= 11 is 0. The number of H-pyrrole nitrogens is 1. The molecular formula is C18H21NO3. The number of ether oxygens (including phenoxy) is 1. The Morgan fingerprint density at radius 2 is 1.91 bits per heavy atom. The number of hydrogen-bond acceptors (Lipinski definition) is 3. The van der Waals surface area contributed by atoms with E-state index in [0.717, 1.165) is 5.69 Å². The van der Waals surface area contributed by atoms with Crippen molar-refractivity contribution < 1.29 is 9.53 Å². The van der Waals surface area contributed by atoms with E-state index in [1.807, 2.05) is 12.1 Å². The summed E-state index contributed by atoms with van der Waals surface area (Å²) in [5.41, 5.74) is 2.86. The lowest BCUT2D eigenvalue weighted by atomic mass is 9.94. The number of benzene rings is 1. The van der Waals surface area contributed by atoms with Crippen molar-refractivity contribution in [1.29, 1.82) is 0 Å². The second kappa shape index (κ2) is 7.07. The fourth-order valence-corrected chi connectivity index (χ4v) is 2.45. The molecule has 1 aromatic heterocycles. The molecule has 0 aliphatic rings. The quantitative estimate of drug-likeness (QED) is 0.862. The van der Waals surface area contributed by atoms with Crippen LogP contribution in [0, 0.1) is 0 Å². The van der Waals surface area contributed by atoms with Gasteiger partial charge in [-0.2, -0.15) is 0 Å². The zero-order valence-corrected chi connectivity index (χ0v) is 13.2. The molecule has 0 fully saturated rings. The number of aromatic amines is 1. The van der Waals surface area contributed by atoms with Gasteiger partial charge in [0.1, 0.15) is 5.56 Å². The van der Waals surface area contributed by atoms with Crippen LogP contribution in [0.1, 0.15) is 53.9 Å². The zero-order chi connectivity index (χ0) is 16.1. The van der Waals surface area contributed by atoms with Crippen LogP contribution in [0.5, 0.6) is 0 Å². The molecule has 0 amide bonds. The van der Waals surface area contributed by atoms with Gasteiger partial charge < -0.3 is 9.72 Å². The maximum Gasteiger partial charge on any atom is 0.343 e. The van der Waals surface area contributed by atoms with Crippen LogP contribution in [-0.4, -0.2) is 17.6 Å². The average Bonchev–Trinajstić information content (AvgIpc) is 2.48. The molecule has 0 unspecified atom stereocenters. The third kappa shape index (κ3) is 3.64. The highest BCUT2D eigenvalue weighted by molar-refractivity contribution is 5.88. The molecule has 4 nitrogen and oxygen atoms in total. The second-order valence-electron chi connectivity index (χ2n) is 5.48. The van der Waals surface area contributed by atoms with Crippen LogP contribution < -0.4 is 5.56 Å². The molecule has 0 saturated heterocycles. The summed E-state index contributed by atoms with van der Waals surface area (Å²) in [6.07, 6.45) is 0.632. The van der Waals surface area contributed by atoms with Crippen LogP contribution >= 0.6 is 0 Å². The lowest BCUT2D eigenvalue weighted by molar-refractivity contribution is 0.0524. The molecule has 0 saturated carbocycles. The monoisotopic (exact) mass is 299 g/mol. The normalized spacial score (nSPS) is 10.7. The van der Waals surface area contributed by atoms with Gasteiger partial charge in [0.25, 0.3) is 5.56 Å². The van der Waals surface area contributed by atoms with Gasteiger partial charge >= 0.3 is 5.97 Å². The van der Waals surface area contributed by atoms with Gasteiger partial charge in [-0.05, 0) is 36.1 Å². The number of carbonyl (C=O) groups is 1. The predicted molar refractivity (Wildman–Crippen MR) is 86.4 cm³/mol. The van der Waals surface area contributed by atoms with E-state index in [9.17, 15) is 9.59 Å². The maximum absolute atomic E-state index is 12.0. The van der Waals surface area contributed by atoms with Gasteiger partial charge in [0, 0.05) is 12.1 Å². The summed E-state index contributed by atoms with van der Waals surface area (Å²) in [7, 11) is 0. The van der Waals surface area contributed by atoms with Gasteiger partial charge in [-0.3, -0.25) is 4.79 Å². The SMILES string of the molecule is CCOC(=O)c1ccc(Cc2ccccc2C(C)C)[nH]c1=O. The summed E-state index contributed by atoms with van der Waals surface area (Å²) in [5, 5.41) is 0. The van der Waals surface area contributed by atoms with Crippen molar-refractivity contribution in [3.63, 3.8) is 0 Å². The molecule has 2 aromatic rings. The van der Waals surface area contributed by atoms with E-state index in [-0.39, 0.29) is 12.2 Å². The van der Waals surface area contributed by atoms with E-state index in [1.54, 1.807) is 13.0 Å². The highest BCUT2D eigenvalue weighted by atomic mass is 16.5. The molecular weight excluding hydrogens is 278 g/mol. The van der Waals surface area contributed by atoms with Crippen molar-refractivity contribution in [2.24, 2.45) is 0 Å². The van der Waals surface area contributed by atoms with E-state index < -0.39 is 11.5 Å². The lowest BCUT2D eigenvalue weighted by Gasteiger charge is -2.12. The van der Waals surface area contributed by atoms with Crippen molar-refractivity contribution in [3.05, 3.63) is 69.1 Å². The van der Waals surface area contributed by atoms with Gasteiger partial charge in [0.2, 0.25) is 0 Å². The summed E-state index contributed by atoms with van der Waals surface area (Å²) in [5.74, 6) is -0.167. The molecule has 116 valence electrons. The Kier molecular flexibility index (Phi) is 5.15. The number of rotatable bonds is 5. The topological polar surface area (TPSA) is 59.2 Å². The summed E-state index contributed by atoms with van der Waals surface area (Å²) < 4.78 is 4.86. The Bertz CT molecular complexity index is 716. The van der Waals surface area contributed by atoms with Gasteiger partial charge in [-0.1, -0.05) is 38.1 Å². The first-order chi connectivity index (χ1) is 10.5. The van der Waals surface area contributed by atoms with Gasteiger partial charge in [-0.25, -0.2) is 4.79 Å². The van der Waals surface area contributed by atoms with Gasteiger partial charge in [-0.15, -0.1) is 0 Å². The number of esters is 1. The van der Waals surface area contributed by atoms with Crippen LogP contribution in [0.25, 0.3) is 0 Å². The molecule has 0 radical (unpaired) electrons. The number of carbonyl (C=O) groups excluding carboxylic acids is 1. The van der Waals surface area contributed by atoms with Crippen molar-refractivity contribution in [2.75, 3.05) is 6.61 Å². The first kappa shape index (κ1) is 16.0. The molecule has 0 atom stereocenters. The molecule has 0 aliphatic heterocycles. The fraction of sp³-hybridized carbons (Fsp3) is 0.333. The van der Waals surface area contributed by atoms with E-state index in [0.29, 0.717) is 12.3 Å². The van der Waals surface area contributed by atoms with Gasteiger partial charge in [0.15, 0.2) is 0 Å². The predicted octanol–water partition coefficient (Wildman–Crippen LogP) is 3.27. The molecule has 0 aliphatic carbocycles. The van der Waals surface area contributed by atoms with Crippen molar-refractivity contribution in [3.8, 4) is 0 Å². The smallest absolute Gasteiger partial charge is 0.343 e. The highest BCUT2D eigenvalue weighted by Crippen LogP contribution is 2.21. The third-order valence-electron chi connectivity index (χ3n) is 3.52. The van der Waals surface area contributed by atoms with Crippen molar-refractivity contribution in [1.82, 2.24) is 4.98 Å². The van der Waals surface area contributed by atoms with E-state index >= 15 is 0 Å². The minimum atomic E-state index is -0.585. The Labute approximate surface area is 130 Å².